The first-order valence-electron chi connectivity index (χ1n) is 7.25. The number of carboxylic acids is 1. The number of rotatable bonds is 4. The summed E-state index contributed by atoms with van der Waals surface area (Å²) in [6.07, 6.45) is 6.14. The quantitative estimate of drug-likeness (QED) is 0.820. The average molecular weight is 268 g/mol. The second kappa shape index (κ2) is 5.80. The van der Waals surface area contributed by atoms with Crippen LogP contribution in [0.15, 0.2) is 0 Å². The van der Waals surface area contributed by atoms with Crippen molar-refractivity contribution in [1.82, 2.24) is 10.2 Å². The number of carbonyl (C=O) groups excluding carboxylic acids is 1. The molecule has 2 N–H and O–H groups in total. The monoisotopic (exact) mass is 268 g/mol. The molecule has 2 amide bonds. The Labute approximate surface area is 114 Å². The standard InChI is InChI=1S/C14H24N2O3/c1-9-3-7-11(8-4-9)16(2)14(19)15-12(13(17)18)10-5-6-10/h9-12H,3-8H2,1-2H3,(H,15,19)(H,17,18). The van der Waals surface area contributed by atoms with Crippen LogP contribution in [0.2, 0.25) is 0 Å². The first kappa shape index (κ1) is 14.2. The van der Waals surface area contributed by atoms with Crippen LogP contribution in [0.5, 0.6) is 0 Å². The summed E-state index contributed by atoms with van der Waals surface area (Å²) in [6, 6.07) is -0.693. The van der Waals surface area contributed by atoms with Crippen LogP contribution < -0.4 is 5.32 Å². The van der Waals surface area contributed by atoms with Crippen LogP contribution in [0, 0.1) is 11.8 Å². The van der Waals surface area contributed by atoms with E-state index in [4.69, 9.17) is 5.11 Å². The molecule has 19 heavy (non-hydrogen) atoms. The SMILES string of the molecule is CC1CCC(N(C)C(=O)NC(C(=O)O)C2CC2)CC1. The maximum atomic E-state index is 12.1. The van der Waals surface area contributed by atoms with Crippen molar-refractivity contribution in [3.05, 3.63) is 0 Å². The molecular weight excluding hydrogens is 244 g/mol. The van der Waals surface area contributed by atoms with E-state index in [1.165, 1.54) is 0 Å². The molecule has 2 aliphatic carbocycles. The van der Waals surface area contributed by atoms with Gasteiger partial charge in [0.1, 0.15) is 6.04 Å². The van der Waals surface area contributed by atoms with Crippen LogP contribution in [0.25, 0.3) is 0 Å². The van der Waals surface area contributed by atoms with E-state index in [2.05, 4.69) is 12.2 Å². The number of amides is 2. The number of aliphatic carboxylic acids is 1. The molecule has 0 bridgehead atoms. The Balaban J connectivity index is 1.86. The molecule has 0 saturated heterocycles. The molecule has 2 saturated carbocycles. The number of nitrogens with zero attached hydrogens (tertiary/aromatic N) is 1. The van der Waals surface area contributed by atoms with Gasteiger partial charge in [-0.25, -0.2) is 9.59 Å². The highest BCUT2D eigenvalue weighted by Gasteiger charge is 2.38. The summed E-state index contributed by atoms with van der Waals surface area (Å²) in [5, 5.41) is 11.8. The number of nitrogens with one attached hydrogen (secondary N) is 1. The van der Waals surface area contributed by atoms with Crippen molar-refractivity contribution >= 4 is 12.0 Å². The van der Waals surface area contributed by atoms with Crippen LogP contribution >= 0.6 is 0 Å². The molecule has 0 radical (unpaired) electrons. The minimum Gasteiger partial charge on any atom is -0.480 e. The van der Waals surface area contributed by atoms with Gasteiger partial charge in [-0.2, -0.15) is 0 Å². The summed E-state index contributed by atoms with van der Waals surface area (Å²) in [5.74, 6) is -0.0475. The predicted octanol–water partition coefficient (Wildman–Crippen LogP) is 2.07. The molecule has 1 unspecified atom stereocenters. The fourth-order valence-electron chi connectivity index (χ4n) is 2.84. The molecule has 0 aliphatic heterocycles. The van der Waals surface area contributed by atoms with Crippen LogP contribution in [0.4, 0.5) is 4.79 Å². The number of hydrogen-bond donors (Lipinski definition) is 2. The molecule has 2 fully saturated rings. The fraction of sp³-hybridized carbons (Fsp3) is 0.857. The number of carbonyl (C=O) groups is 2. The van der Waals surface area contributed by atoms with Crippen LogP contribution in [0.1, 0.15) is 45.4 Å². The number of carboxylic acid groups (broad SMARTS) is 1. The van der Waals surface area contributed by atoms with Crippen molar-refractivity contribution in [3.63, 3.8) is 0 Å². The van der Waals surface area contributed by atoms with Crippen molar-refractivity contribution in [2.24, 2.45) is 11.8 Å². The van der Waals surface area contributed by atoms with Gasteiger partial charge in [-0.15, -0.1) is 0 Å². The molecule has 0 aromatic heterocycles. The van der Waals surface area contributed by atoms with Gasteiger partial charge in [0.15, 0.2) is 0 Å². The Kier molecular flexibility index (Phi) is 4.32. The molecule has 108 valence electrons. The molecular formula is C14H24N2O3. The largest absolute Gasteiger partial charge is 0.480 e. The maximum absolute atomic E-state index is 12.1. The molecule has 0 aromatic rings. The van der Waals surface area contributed by atoms with E-state index in [1.807, 2.05) is 0 Å². The lowest BCUT2D eigenvalue weighted by molar-refractivity contribution is -0.139. The lowest BCUT2D eigenvalue weighted by Gasteiger charge is -2.34. The zero-order valence-corrected chi connectivity index (χ0v) is 11.8. The zero-order chi connectivity index (χ0) is 14.0. The van der Waals surface area contributed by atoms with E-state index < -0.39 is 12.0 Å². The third-order valence-electron chi connectivity index (χ3n) is 4.49. The smallest absolute Gasteiger partial charge is 0.326 e. The normalized spacial score (nSPS) is 28.5. The highest BCUT2D eigenvalue weighted by Crippen LogP contribution is 2.33. The molecule has 0 heterocycles. The Morgan fingerprint density at radius 3 is 2.21 bits per heavy atom. The molecule has 5 heteroatoms. The van der Waals surface area contributed by atoms with Gasteiger partial charge >= 0.3 is 12.0 Å². The Morgan fingerprint density at radius 1 is 1.16 bits per heavy atom. The highest BCUT2D eigenvalue weighted by atomic mass is 16.4. The van der Waals surface area contributed by atoms with Crippen LogP contribution in [-0.4, -0.2) is 41.1 Å². The summed E-state index contributed by atoms with van der Waals surface area (Å²) in [5.41, 5.74) is 0. The summed E-state index contributed by atoms with van der Waals surface area (Å²) in [7, 11) is 1.78. The maximum Gasteiger partial charge on any atom is 0.326 e. The van der Waals surface area contributed by atoms with E-state index >= 15 is 0 Å². The first-order valence-corrected chi connectivity index (χ1v) is 7.25. The molecule has 1 atom stereocenters. The van der Waals surface area contributed by atoms with Crippen LogP contribution in [-0.2, 0) is 4.79 Å². The number of hydrogen-bond acceptors (Lipinski definition) is 2. The van der Waals surface area contributed by atoms with Crippen molar-refractivity contribution < 1.29 is 14.7 Å². The molecule has 2 rings (SSSR count). The van der Waals surface area contributed by atoms with E-state index in [0.29, 0.717) is 0 Å². The third-order valence-corrected chi connectivity index (χ3v) is 4.49. The van der Waals surface area contributed by atoms with Crippen LogP contribution in [0.3, 0.4) is 0 Å². The molecule has 0 aromatic carbocycles. The van der Waals surface area contributed by atoms with Gasteiger partial charge in [-0.05, 0) is 50.4 Å². The Hall–Kier alpha value is -1.26. The van der Waals surface area contributed by atoms with Gasteiger partial charge in [0.05, 0.1) is 0 Å². The van der Waals surface area contributed by atoms with Crippen molar-refractivity contribution in [3.8, 4) is 0 Å². The predicted molar refractivity (Wildman–Crippen MR) is 71.9 cm³/mol. The Bertz CT molecular complexity index is 347. The van der Waals surface area contributed by atoms with E-state index in [9.17, 15) is 9.59 Å². The first-order chi connectivity index (χ1) is 8.99. The highest BCUT2D eigenvalue weighted by molar-refractivity contribution is 5.83. The fourth-order valence-corrected chi connectivity index (χ4v) is 2.84. The summed E-state index contributed by atoms with van der Waals surface area (Å²) >= 11 is 0. The van der Waals surface area contributed by atoms with Gasteiger partial charge < -0.3 is 15.3 Å². The van der Waals surface area contributed by atoms with Gasteiger partial charge in [-0.3, -0.25) is 0 Å². The molecule has 5 nitrogen and oxygen atoms in total. The van der Waals surface area contributed by atoms with Crippen molar-refractivity contribution in [2.75, 3.05) is 7.05 Å². The average Bonchev–Trinajstić information content (AvgIpc) is 3.19. The van der Waals surface area contributed by atoms with Crippen molar-refractivity contribution in [2.45, 2.75) is 57.5 Å². The van der Waals surface area contributed by atoms with Gasteiger partial charge in [0, 0.05) is 13.1 Å². The third kappa shape index (κ3) is 3.61. The molecule has 0 spiro atoms. The summed E-state index contributed by atoms with van der Waals surface area (Å²) in [4.78, 5) is 24.9. The minimum absolute atomic E-state index is 0.126. The topological polar surface area (TPSA) is 69.6 Å². The number of urea groups is 1. The lowest BCUT2D eigenvalue weighted by atomic mass is 9.87. The summed E-state index contributed by atoms with van der Waals surface area (Å²) in [6.45, 7) is 2.24. The van der Waals surface area contributed by atoms with E-state index in [-0.39, 0.29) is 18.0 Å². The summed E-state index contributed by atoms with van der Waals surface area (Å²) < 4.78 is 0. The van der Waals surface area contributed by atoms with E-state index in [0.717, 1.165) is 44.4 Å². The molecule has 2 aliphatic rings. The van der Waals surface area contributed by atoms with E-state index in [1.54, 1.807) is 11.9 Å². The lowest BCUT2D eigenvalue weighted by Crippen LogP contribution is -2.51. The second-order valence-electron chi connectivity index (χ2n) is 6.13. The Morgan fingerprint density at radius 2 is 1.74 bits per heavy atom. The van der Waals surface area contributed by atoms with Gasteiger partial charge in [0.2, 0.25) is 0 Å². The van der Waals surface area contributed by atoms with Crippen molar-refractivity contribution in [1.29, 1.82) is 0 Å². The van der Waals surface area contributed by atoms with Gasteiger partial charge in [-0.1, -0.05) is 6.92 Å². The minimum atomic E-state index is -0.915. The second-order valence-corrected chi connectivity index (χ2v) is 6.13. The zero-order valence-electron chi connectivity index (χ0n) is 11.8. The van der Waals surface area contributed by atoms with Gasteiger partial charge in [0.25, 0.3) is 0 Å².